The highest BCUT2D eigenvalue weighted by Crippen LogP contribution is 2.41. The largest absolute Gasteiger partial charge is 0.342 e. The maximum atomic E-state index is 8.75. The highest BCUT2D eigenvalue weighted by Gasteiger charge is 1.98. The van der Waals surface area contributed by atoms with Gasteiger partial charge in [-0.25, -0.2) is 0 Å². The molecule has 0 saturated heterocycles. The van der Waals surface area contributed by atoms with Gasteiger partial charge in [0.25, 0.3) is 0 Å². The zero-order valence-electron chi connectivity index (χ0n) is 14.5. The number of rotatable bonds is 17. The third-order valence-electron chi connectivity index (χ3n) is 3.86. The number of hydrogen-bond donors (Lipinski definition) is 2. The smallest absolute Gasteiger partial charge is 0.232 e. The summed E-state index contributed by atoms with van der Waals surface area (Å²) in [5.41, 5.74) is 0. The lowest BCUT2D eigenvalue weighted by Gasteiger charge is -2.02. The van der Waals surface area contributed by atoms with Gasteiger partial charge in [-0.1, -0.05) is 88.2 Å². The van der Waals surface area contributed by atoms with Crippen LogP contribution in [0.15, 0.2) is 12.2 Å². The Balaban J connectivity index is 3.05. The maximum Gasteiger partial charge on any atom is 0.232 e. The van der Waals surface area contributed by atoms with Crippen molar-refractivity contribution >= 4 is 19.0 Å². The lowest BCUT2D eigenvalue weighted by molar-refractivity contribution is 0.505. The van der Waals surface area contributed by atoms with E-state index < -0.39 is 7.58 Å². The van der Waals surface area contributed by atoms with Crippen molar-refractivity contribution in [3.05, 3.63) is 12.2 Å². The first-order valence-electron chi connectivity index (χ1n) is 9.23. The molecular weight excluding hydrogens is 311 g/mol. The zero-order chi connectivity index (χ0) is 16.3. The third kappa shape index (κ3) is 20.4. The van der Waals surface area contributed by atoms with Crippen molar-refractivity contribution in [2.45, 2.75) is 96.8 Å². The topological polar surface area (TPSA) is 40.5 Å². The summed E-state index contributed by atoms with van der Waals surface area (Å²) >= 11 is 1.28. The first kappa shape index (κ1) is 22.4. The van der Waals surface area contributed by atoms with Crippen LogP contribution in [0.25, 0.3) is 0 Å². The Labute approximate surface area is 143 Å². The van der Waals surface area contributed by atoms with E-state index in [0.717, 1.165) is 12.2 Å². The van der Waals surface area contributed by atoms with E-state index in [1.807, 2.05) is 0 Å². The summed E-state index contributed by atoms with van der Waals surface area (Å²) in [5.74, 6) is 0.889. The van der Waals surface area contributed by atoms with E-state index in [1.165, 1.54) is 94.9 Å². The van der Waals surface area contributed by atoms with Gasteiger partial charge in [0.15, 0.2) is 0 Å². The van der Waals surface area contributed by atoms with Crippen molar-refractivity contribution < 1.29 is 9.79 Å². The van der Waals surface area contributed by atoms with Crippen molar-refractivity contribution in [1.82, 2.24) is 0 Å². The normalized spacial score (nSPS) is 11.8. The van der Waals surface area contributed by atoms with Crippen LogP contribution in [-0.2, 0) is 0 Å². The van der Waals surface area contributed by atoms with Crippen LogP contribution in [0.3, 0.4) is 0 Å². The van der Waals surface area contributed by atoms with E-state index in [-0.39, 0.29) is 0 Å². The van der Waals surface area contributed by atoms with Crippen molar-refractivity contribution in [1.29, 1.82) is 0 Å². The van der Waals surface area contributed by atoms with Crippen LogP contribution < -0.4 is 0 Å². The van der Waals surface area contributed by atoms with Crippen molar-refractivity contribution in [2.24, 2.45) is 0 Å². The molecule has 0 aliphatic carbocycles. The van der Waals surface area contributed by atoms with Gasteiger partial charge in [0, 0.05) is 5.75 Å². The van der Waals surface area contributed by atoms with E-state index in [0.29, 0.717) is 0 Å². The number of hydrogen-bond acceptors (Lipinski definition) is 3. The number of allylic oxidation sites excluding steroid dienone is 2. The average molecular weight is 349 g/mol. The molecule has 0 aliphatic heterocycles. The van der Waals surface area contributed by atoms with E-state index in [4.69, 9.17) is 9.79 Å². The third-order valence-corrected chi connectivity index (χ3v) is 5.81. The van der Waals surface area contributed by atoms with E-state index in [2.05, 4.69) is 19.1 Å². The van der Waals surface area contributed by atoms with Crippen molar-refractivity contribution in [3.63, 3.8) is 0 Å². The minimum Gasteiger partial charge on any atom is -0.342 e. The molecule has 0 aromatic heterocycles. The fourth-order valence-electron chi connectivity index (χ4n) is 2.50. The van der Waals surface area contributed by atoms with Gasteiger partial charge in [0.05, 0.1) is 0 Å². The Morgan fingerprint density at radius 3 is 1.64 bits per heavy atom. The van der Waals surface area contributed by atoms with Crippen LogP contribution in [0.2, 0.25) is 0 Å². The Kier molecular flexibility index (Phi) is 19.9. The molecule has 4 heteroatoms. The van der Waals surface area contributed by atoms with Gasteiger partial charge in [0.2, 0.25) is 7.58 Å². The molecule has 0 atom stereocenters. The molecule has 0 amide bonds. The van der Waals surface area contributed by atoms with Crippen molar-refractivity contribution in [2.75, 3.05) is 5.75 Å². The molecule has 0 fully saturated rings. The standard InChI is InChI=1S/C18H37O2PS/c1-2-3-4-5-6-7-8-9-10-11-12-13-14-15-16-17-18-22-21(19)20/h9-10,19-20H,2-8,11-18H2,1H3/b10-9-. The maximum absolute atomic E-state index is 8.75. The SMILES string of the molecule is CCCCCCCC/C=C\CCCCCCCCSP(O)O. The Morgan fingerprint density at radius 2 is 1.14 bits per heavy atom. The molecule has 2 N–H and O–H groups in total. The molecule has 0 spiro atoms. The van der Waals surface area contributed by atoms with E-state index in [9.17, 15) is 0 Å². The molecule has 0 rings (SSSR count). The summed E-state index contributed by atoms with van der Waals surface area (Å²) in [7, 11) is -1.73. The van der Waals surface area contributed by atoms with Crippen LogP contribution in [-0.4, -0.2) is 15.5 Å². The van der Waals surface area contributed by atoms with Gasteiger partial charge < -0.3 is 9.79 Å². The van der Waals surface area contributed by atoms with Crippen LogP contribution in [0.4, 0.5) is 0 Å². The second-order valence-corrected chi connectivity index (χ2v) is 8.95. The molecule has 132 valence electrons. The van der Waals surface area contributed by atoms with Crippen LogP contribution in [0.5, 0.6) is 0 Å². The molecule has 0 aliphatic rings. The zero-order valence-corrected chi connectivity index (χ0v) is 16.2. The monoisotopic (exact) mass is 348 g/mol. The molecule has 0 aromatic carbocycles. The van der Waals surface area contributed by atoms with Gasteiger partial charge in [-0.3, -0.25) is 0 Å². The van der Waals surface area contributed by atoms with Crippen LogP contribution in [0.1, 0.15) is 96.8 Å². The van der Waals surface area contributed by atoms with Crippen LogP contribution >= 0.6 is 19.0 Å². The van der Waals surface area contributed by atoms with Gasteiger partial charge in [0.1, 0.15) is 0 Å². The van der Waals surface area contributed by atoms with Gasteiger partial charge in [-0.2, -0.15) is 0 Å². The summed E-state index contributed by atoms with van der Waals surface area (Å²) in [6.45, 7) is 2.27. The van der Waals surface area contributed by atoms with E-state index >= 15 is 0 Å². The predicted molar refractivity (Wildman–Crippen MR) is 103 cm³/mol. The van der Waals surface area contributed by atoms with E-state index in [1.54, 1.807) is 0 Å². The fraction of sp³-hybridized carbons (Fsp3) is 0.889. The lowest BCUT2D eigenvalue weighted by Crippen LogP contribution is -1.82. The summed E-state index contributed by atoms with van der Waals surface area (Å²) in [5, 5.41) is 0. The molecule has 0 heterocycles. The molecule has 2 nitrogen and oxygen atoms in total. The van der Waals surface area contributed by atoms with Crippen LogP contribution in [0, 0.1) is 0 Å². The molecule has 0 saturated carbocycles. The van der Waals surface area contributed by atoms with Gasteiger partial charge >= 0.3 is 0 Å². The van der Waals surface area contributed by atoms with Gasteiger partial charge in [-0.05, 0) is 32.1 Å². The minimum absolute atomic E-state index is 0.889. The minimum atomic E-state index is -1.73. The molecule has 22 heavy (non-hydrogen) atoms. The Hall–Kier alpha value is 0.440. The Bertz CT molecular complexity index is 235. The highest BCUT2D eigenvalue weighted by molar-refractivity contribution is 8.52. The predicted octanol–water partition coefficient (Wildman–Crippen LogP) is 6.97. The molecule has 0 bridgehead atoms. The lowest BCUT2D eigenvalue weighted by atomic mass is 10.1. The molecule has 0 unspecified atom stereocenters. The molecule has 0 aromatic rings. The first-order chi connectivity index (χ1) is 10.8. The summed E-state index contributed by atoms with van der Waals surface area (Å²) in [6, 6.07) is 0. The highest BCUT2D eigenvalue weighted by atomic mass is 32.7. The quantitative estimate of drug-likeness (QED) is 0.169. The first-order valence-corrected chi connectivity index (χ1v) is 12.1. The summed E-state index contributed by atoms with van der Waals surface area (Å²) in [6.07, 6.45) is 23.2. The second kappa shape index (κ2) is 19.5. The Morgan fingerprint density at radius 1 is 0.682 bits per heavy atom. The average Bonchev–Trinajstić information content (AvgIpc) is 2.50. The van der Waals surface area contributed by atoms with Crippen molar-refractivity contribution in [3.8, 4) is 0 Å². The van der Waals surface area contributed by atoms with Gasteiger partial charge in [-0.15, -0.1) is 0 Å². The summed E-state index contributed by atoms with van der Waals surface area (Å²) < 4.78 is 0. The fourth-order valence-corrected chi connectivity index (χ4v) is 3.87. The second-order valence-electron chi connectivity index (χ2n) is 6.02. The molecule has 0 radical (unpaired) electrons. The molecular formula is C18H37O2PS. The number of unbranched alkanes of at least 4 members (excludes halogenated alkanes) is 12. The summed E-state index contributed by atoms with van der Waals surface area (Å²) in [4.78, 5) is 17.5.